The van der Waals surface area contributed by atoms with Gasteiger partial charge in [-0.05, 0) is 53.6 Å². The fourth-order valence-corrected chi connectivity index (χ4v) is 3.40. The maximum Gasteiger partial charge on any atom is 0.214 e. The molecule has 1 atom stereocenters. The van der Waals surface area contributed by atoms with E-state index in [1.54, 1.807) is 6.20 Å². The van der Waals surface area contributed by atoms with Crippen molar-refractivity contribution in [1.82, 2.24) is 25.2 Å². The highest BCUT2D eigenvalue weighted by atomic mass is 32.2. The zero-order valence-electron chi connectivity index (χ0n) is 12.0. The summed E-state index contributed by atoms with van der Waals surface area (Å²) in [6, 6.07) is 4.25. The first-order valence-corrected chi connectivity index (χ1v) is 8.19. The van der Waals surface area contributed by atoms with Crippen LogP contribution >= 0.6 is 11.8 Å². The standard InChI is InChI=1S/C14H19N5OS/c1-2-13(20)12-8-7-11(9-15-12)21-14-16-17-18-19(14)10-5-3-4-6-10/h7-10,13,20H,2-6H2,1H3. The molecule has 1 N–H and O–H groups in total. The van der Waals surface area contributed by atoms with Crippen molar-refractivity contribution < 1.29 is 5.11 Å². The van der Waals surface area contributed by atoms with Crippen LogP contribution in [-0.4, -0.2) is 30.3 Å². The lowest BCUT2D eigenvalue weighted by Crippen LogP contribution is -2.08. The van der Waals surface area contributed by atoms with E-state index in [2.05, 4.69) is 20.5 Å². The van der Waals surface area contributed by atoms with Crippen LogP contribution in [0.5, 0.6) is 0 Å². The average Bonchev–Trinajstić information content (AvgIpc) is 3.18. The molecular weight excluding hydrogens is 286 g/mol. The molecule has 0 saturated heterocycles. The summed E-state index contributed by atoms with van der Waals surface area (Å²) in [6.45, 7) is 1.94. The maximum absolute atomic E-state index is 9.76. The molecule has 2 aromatic rings. The largest absolute Gasteiger partial charge is 0.387 e. The van der Waals surface area contributed by atoms with Gasteiger partial charge in [0.2, 0.25) is 5.16 Å². The second kappa shape index (κ2) is 6.53. The first-order chi connectivity index (χ1) is 10.3. The summed E-state index contributed by atoms with van der Waals surface area (Å²) >= 11 is 1.52. The van der Waals surface area contributed by atoms with E-state index in [4.69, 9.17) is 0 Å². The summed E-state index contributed by atoms with van der Waals surface area (Å²) < 4.78 is 1.94. The molecule has 0 aromatic carbocycles. The van der Waals surface area contributed by atoms with E-state index in [0.717, 1.165) is 22.9 Å². The molecule has 0 spiro atoms. The minimum atomic E-state index is -0.493. The molecule has 1 aliphatic rings. The normalized spacial score (nSPS) is 17.2. The predicted molar refractivity (Wildman–Crippen MR) is 78.9 cm³/mol. The minimum absolute atomic E-state index is 0.427. The van der Waals surface area contributed by atoms with Gasteiger partial charge in [0.15, 0.2) is 0 Å². The van der Waals surface area contributed by atoms with E-state index in [0.29, 0.717) is 18.2 Å². The Kier molecular flexibility index (Phi) is 4.50. The molecule has 0 amide bonds. The SMILES string of the molecule is CCC(O)c1ccc(Sc2nnnn2C2CCCC2)cn1. The van der Waals surface area contributed by atoms with Crippen LogP contribution in [0.3, 0.4) is 0 Å². The van der Waals surface area contributed by atoms with Crippen molar-refractivity contribution in [3.63, 3.8) is 0 Å². The smallest absolute Gasteiger partial charge is 0.214 e. The van der Waals surface area contributed by atoms with Crippen LogP contribution in [0.15, 0.2) is 28.4 Å². The minimum Gasteiger partial charge on any atom is -0.387 e. The van der Waals surface area contributed by atoms with Crippen molar-refractivity contribution >= 4 is 11.8 Å². The summed E-state index contributed by atoms with van der Waals surface area (Å²) in [4.78, 5) is 5.29. The van der Waals surface area contributed by atoms with Crippen LogP contribution < -0.4 is 0 Å². The molecule has 7 heteroatoms. The summed E-state index contributed by atoms with van der Waals surface area (Å²) in [6.07, 6.45) is 6.75. The third-order valence-electron chi connectivity index (χ3n) is 3.83. The molecular formula is C14H19N5OS. The Balaban J connectivity index is 1.73. The van der Waals surface area contributed by atoms with Gasteiger partial charge < -0.3 is 5.11 Å². The zero-order chi connectivity index (χ0) is 14.7. The van der Waals surface area contributed by atoms with Crippen molar-refractivity contribution in [2.75, 3.05) is 0 Å². The molecule has 6 nitrogen and oxygen atoms in total. The number of rotatable bonds is 5. The molecule has 1 saturated carbocycles. The number of hydrogen-bond donors (Lipinski definition) is 1. The molecule has 1 unspecified atom stereocenters. The van der Waals surface area contributed by atoms with E-state index in [9.17, 15) is 5.11 Å². The fourth-order valence-electron chi connectivity index (χ4n) is 2.59. The van der Waals surface area contributed by atoms with E-state index in [1.165, 1.54) is 24.6 Å². The summed E-state index contributed by atoms with van der Waals surface area (Å²) in [5.74, 6) is 0. The quantitative estimate of drug-likeness (QED) is 0.915. The Hall–Kier alpha value is -1.47. The number of nitrogens with zero attached hydrogens (tertiary/aromatic N) is 5. The second-order valence-electron chi connectivity index (χ2n) is 5.29. The van der Waals surface area contributed by atoms with Crippen LogP contribution in [-0.2, 0) is 0 Å². The molecule has 0 aliphatic heterocycles. The molecule has 112 valence electrons. The van der Waals surface area contributed by atoms with Gasteiger partial charge in [0.1, 0.15) is 0 Å². The number of aliphatic hydroxyl groups is 1. The number of pyridine rings is 1. The number of aliphatic hydroxyl groups excluding tert-OH is 1. The number of hydrogen-bond acceptors (Lipinski definition) is 6. The lowest BCUT2D eigenvalue weighted by Gasteiger charge is -2.11. The van der Waals surface area contributed by atoms with Gasteiger partial charge in [0.25, 0.3) is 0 Å². The van der Waals surface area contributed by atoms with Crippen LogP contribution in [0, 0.1) is 0 Å². The van der Waals surface area contributed by atoms with E-state index in [1.807, 2.05) is 23.7 Å². The monoisotopic (exact) mass is 305 g/mol. The topological polar surface area (TPSA) is 76.7 Å². The van der Waals surface area contributed by atoms with Crippen molar-refractivity contribution in [3.05, 3.63) is 24.0 Å². The van der Waals surface area contributed by atoms with Crippen molar-refractivity contribution in [3.8, 4) is 0 Å². The summed E-state index contributed by atoms with van der Waals surface area (Å²) in [5, 5.41) is 22.6. The van der Waals surface area contributed by atoms with Gasteiger partial charge >= 0.3 is 0 Å². The highest BCUT2D eigenvalue weighted by molar-refractivity contribution is 7.99. The van der Waals surface area contributed by atoms with Crippen LogP contribution in [0.4, 0.5) is 0 Å². The van der Waals surface area contributed by atoms with Gasteiger partial charge in [-0.25, -0.2) is 4.68 Å². The molecule has 3 rings (SSSR count). The summed E-state index contributed by atoms with van der Waals surface area (Å²) in [7, 11) is 0. The van der Waals surface area contributed by atoms with Crippen LogP contribution in [0.1, 0.15) is 56.9 Å². The van der Waals surface area contributed by atoms with Crippen molar-refractivity contribution in [2.45, 2.75) is 61.2 Å². The third kappa shape index (κ3) is 3.24. The molecule has 2 heterocycles. The zero-order valence-corrected chi connectivity index (χ0v) is 12.8. The highest BCUT2D eigenvalue weighted by Crippen LogP contribution is 2.33. The van der Waals surface area contributed by atoms with Crippen LogP contribution in [0.25, 0.3) is 0 Å². The van der Waals surface area contributed by atoms with Crippen LogP contribution in [0.2, 0.25) is 0 Å². The third-order valence-corrected chi connectivity index (χ3v) is 4.76. The average molecular weight is 305 g/mol. The van der Waals surface area contributed by atoms with Gasteiger partial charge in [0.05, 0.1) is 17.8 Å². The first-order valence-electron chi connectivity index (χ1n) is 7.37. The molecule has 1 fully saturated rings. The molecule has 2 aromatic heterocycles. The van der Waals surface area contributed by atoms with Crippen molar-refractivity contribution in [2.24, 2.45) is 0 Å². The second-order valence-corrected chi connectivity index (χ2v) is 6.33. The number of tetrazole rings is 1. The Morgan fingerprint density at radius 2 is 2.19 bits per heavy atom. The summed E-state index contributed by atoms with van der Waals surface area (Å²) in [5.41, 5.74) is 0.706. The molecule has 0 bridgehead atoms. The molecule has 1 aliphatic carbocycles. The molecule has 21 heavy (non-hydrogen) atoms. The maximum atomic E-state index is 9.76. The predicted octanol–water partition coefficient (Wildman–Crippen LogP) is 2.78. The lowest BCUT2D eigenvalue weighted by atomic mass is 10.2. The fraction of sp³-hybridized carbons (Fsp3) is 0.571. The lowest BCUT2D eigenvalue weighted by molar-refractivity contribution is 0.169. The van der Waals surface area contributed by atoms with Gasteiger partial charge in [-0.1, -0.05) is 19.8 Å². The van der Waals surface area contributed by atoms with Gasteiger partial charge in [-0.3, -0.25) is 4.98 Å². The van der Waals surface area contributed by atoms with Gasteiger partial charge in [0, 0.05) is 11.1 Å². The first kappa shape index (κ1) is 14.5. The Morgan fingerprint density at radius 1 is 1.38 bits per heavy atom. The highest BCUT2D eigenvalue weighted by Gasteiger charge is 2.22. The van der Waals surface area contributed by atoms with Gasteiger partial charge in [-0.15, -0.1) is 5.10 Å². The van der Waals surface area contributed by atoms with E-state index >= 15 is 0 Å². The Bertz CT molecular complexity index is 579. The molecule has 0 radical (unpaired) electrons. The van der Waals surface area contributed by atoms with E-state index in [-0.39, 0.29) is 0 Å². The van der Waals surface area contributed by atoms with Gasteiger partial charge in [-0.2, -0.15) is 0 Å². The number of aromatic nitrogens is 5. The van der Waals surface area contributed by atoms with Crippen molar-refractivity contribution in [1.29, 1.82) is 0 Å². The Labute approximate surface area is 128 Å². The Morgan fingerprint density at radius 3 is 2.86 bits per heavy atom. The van der Waals surface area contributed by atoms with E-state index < -0.39 is 6.10 Å².